The van der Waals surface area contributed by atoms with Crippen molar-refractivity contribution in [1.29, 1.82) is 0 Å². The van der Waals surface area contributed by atoms with Crippen molar-refractivity contribution < 1.29 is 0 Å². The molecular weight excluding hydrogens is 196 g/mol. The average Bonchev–Trinajstić information content (AvgIpc) is 2.81. The topological polar surface area (TPSA) is 24.9 Å². The molecule has 1 aromatic rings. The van der Waals surface area contributed by atoms with Gasteiger partial charge in [0.05, 0.1) is 0 Å². The van der Waals surface area contributed by atoms with Crippen LogP contribution in [0.15, 0.2) is 18.3 Å². The van der Waals surface area contributed by atoms with Crippen molar-refractivity contribution in [1.82, 2.24) is 10.3 Å². The monoisotopic (exact) mass is 212 g/mol. The molecule has 0 bridgehead atoms. The molecule has 2 unspecified atom stereocenters. The first kappa shape index (κ1) is 11.5. The van der Waals surface area contributed by atoms with E-state index in [0.29, 0.717) is 0 Å². The Balaban J connectivity index is 0.000000980. The molecule has 1 saturated carbocycles. The maximum atomic E-state index is 4.26. The fourth-order valence-electron chi connectivity index (χ4n) is 1.55. The molecule has 1 aliphatic rings. The van der Waals surface area contributed by atoms with Crippen molar-refractivity contribution in [3.8, 4) is 0 Å². The van der Waals surface area contributed by atoms with Gasteiger partial charge in [0.1, 0.15) is 0 Å². The summed E-state index contributed by atoms with van der Waals surface area (Å²) in [4.78, 5) is 4.26. The molecule has 0 saturated heterocycles. The predicted octanol–water partition coefficient (Wildman–Crippen LogP) is 2.31. The zero-order chi connectivity index (χ0) is 9.26. The van der Waals surface area contributed by atoms with Crippen LogP contribution in [0.5, 0.6) is 0 Å². The highest BCUT2D eigenvalue weighted by molar-refractivity contribution is 5.85. The summed E-state index contributed by atoms with van der Waals surface area (Å²) in [5.74, 6) is 0.872. The third kappa shape index (κ3) is 2.69. The van der Waals surface area contributed by atoms with Crippen LogP contribution in [0.4, 0.5) is 0 Å². The van der Waals surface area contributed by atoms with E-state index in [2.05, 4.69) is 30.2 Å². The van der Waals surface area contributed by atoms with E-state index in [9.17, 15) is 0 Å². The highest BCUT2D eigenvalue weighted by atomic mass is 35.5. The molecule has 0 aliphatic heterocycles. The van der Waals surface area contributed by atoms with E-state index < -0.39 is 0 Å². The minimum atomic E-state index is 0. The SMILES string of the molecule is Cc1ncccc1CNC1CC1C.Cl. The Morgan fingerprint density at radius 3 is 2.86 bits per heavy atom. The molecule has 0 amide bonds. The molecule has 1 N–H and O–H groups in total. The molecule has 0 aromatic carbocycles. The fourth-order valence-corrected chi connectivity index (χ4v) is 1.55. The van der Waals surface area contributed by atoms with Gasteiger partial charge < -0.3 is 5.32 Å². The lowest BCUT2D eigenvalue weighted by Gasteiger charge is -2.05. The van der Waals surface area contributed by atoms with E-state index in [-0.39, 0.29) is 12.4 Å². The smallest absolute Gasteiger partial charge is 0.0417 e. The zero-order valence-corrected chi connectivity index (χ0v) is 9.47. The van der Waals surface area contributed by atoms with Crippen molar-refractivity contribution >= 4 is 12.4 Å². The molecule has 1 heterocycles. The van der Waals surface area contributed by atoms with Crippen molar-refractivity contribution in [2.45, 2.75) is 32.9 Å². The second-order valence-electron chi connectivity index (χ2n) is 3.95. The van der Waals surface area contributed by atoms with Crippen molar-refractivity contribution in [3.63, 3.8) is 0 Å². The van der Waals surface area contributed by atoms with E-state index in [1.807, 2.05) is 12.3 Å². The van der Waals surface area contributed by atoms with E-state index in [1.54, 1.807) is 0 Å². The summed E-state index contributed by atoms with van der Waals surface area (Å²) in [5.41, 5.74) is 2.46. The second kappa shape index (κ2) is 4.76. The average molecular weight is 213 g/mol. The van der Waals surface area contributed by atoms with Gasteiger partial charge in [0.2, 0.25) is 0 Å². The molecule has 2 rings (SSSR count). The van der Waals surface area contributed by atoms with Gasteiger partial charge in [0, 0.05) is 24.5 Å². The summed E-state index contributed by atoms with van der Waals surface area (Å²) in [6.45, 7) is 5.32. The standard InChI is InChI=1S/C11H16N2.ClH/c1-8-6-11(8)13-7-10-4-3-5-12-9(10)2;/h3-5,8,11,13H,6-7H2,1-2H3;1H. The van der Waals surface area contributed by atoms with E-state index in [0.717, 1.165) is 24.2 Å². The third-order valence-corrected chi connectivity index (χ3v) is 2.78. The van der Waals surface area contributed by atoms with Crippen LogP contribution in [0.3, 0.4) is 0 Å². The number of aromatic nitrogens is 1. The van der Waals surface area contributed by atoms with Crippen LogP contribution in [-0.4, -0.2) is 11.0 Å². The Labute approximate surface area is 91.5 Å². The number of hydrogen-bond donors (Lipinski definition) is 1. The van der Waals surface area contributed by atoms with Gasteiger partial charge in [0.15, 0.2) is 0 Å². The van der Waals surface area contributed by atoms with E-state index in [4.69, 9.17) is 0 Å². The van der Waals surface area contributed by atoms with E-state index >= 15 is 0 Å². The van der Waals surface area contributed by atoms with Gasteiger partial charge in [-0.15, -0.1) is 12.4 Å². The number of nitrogens with zero attached hydrogens (tertiary/aromatic N) is 1. The van der Waals surface area contributed by atoms with Gasteiger partial charge in [0.25, 0.3) is 0 Å². The molecule has 0 spiro atoms. The lowest BCUT2D eigenvalue weighted by atomic mass is 10.2. The minimum absolute atomic E-state index is 0. The van der Waals surface area contributed by atoms with Crippen molar-refractivity contribution in [3.05, 3.63) is 29.6 Å². The van der Waals surface area contributed by atoms with Crippen LogP contribution >= 0.6 is 12.4 Å². The van der Waals surface area contributed by atoms with Crippen LogP contribution in [0.25, 0.3) is 0 Å². The van der Waals surface area contributed by atoms with Crippen molar-refractivity contribution in [2.75, 3.05) is 0 Å². The van der Waals surface area contributed by atoms with Gasteiger partial charge >= 0.3 is 0 Å². The molecule has 78 valence electrons. The summed E-state index contributed by atoms with van der Waals surface area (Å²) in [7, 11) is 0. The Bertz CT molecular complexity index is 301. The summed E-state index contributed by atoms with van der Waals surface area (Å²) >= 11 is 0. The Hall–Kier alpha value is -0.600. The highest BCUT2D eigenvalue weighted by Gasteiger charge is 2.31. The lowest BCUT2D eigenvalue weighted by Crippen LogP contribution is -2.17. The number of pyridine rings is 1. The summed E-state index contributed by atoms with van der Waals surface area (Å²) in [6.07, 6.45) is 3.18. The van der Waals surface area contributed by atoms with Crippen LogP contribution < -0.4 is 5.32 Å². The van der Waals surface area contributed by atoms with Crippen LogP contribution in [0.2, 0.25) is 0 Å². The molecule has 1 fully saturated rings. The molecule has 1 aliphatic carbocycles. The fraction of sp³-hybridized carbons (Fsp3) is 0.545. The summed E-state index contributed by atoms with van der Waals surface area (Å²) in [6, 6.07) is 4.89. The van der Waals surface area contributed by atoms with E-state index in [1.165, 1.54) is 12.0 Å². The Kier molecular flexibility index (Phi) is 3.90. The molecule has 2 atom stereocenters. The first-order valence-corrected chi connectivity index (χ1v) is 4.91. The molecule has 0 radical (unpaired) electrons. The zero-order valence-electron chi connectivity index (χ0n) is 8.66. The normalized spacial score (nSPS) is 24.1. The first-order valence-electron chi connectivity index (χ1n) is 4.91. The van der Waals surface area contributed by atoms with Gasteiger partial charge in [-0.2, -0.15) is 0 Å². The first-order chi connectivity index (χ1) is 6.27. The molecule has 1 aromatic heterocycles. The molecular formula is C11H17ClN2. The quantitative estimate of drug-likeness (QED) is 0.832. The predicted molar refractivity (Wildman–Crippen MR) is 60.6 cm³/mol. The van der Waals surface area contributed by atoms with Gasteiger partial charge in [-0.3, -0.25) is 4.98 Å². The maximum Gasteiger partial charge on any atom is 0.0417 e. The maximum absolute atomic E-state index is 4.26. The summed E-state index contributed by atoms with van der Waals surface area (Å²) < 4.78 is 0. The second-order valence-corrected chi connectivity index (χ2v) is 3.95. The largest absolute Gasteiger partial charge is 0.310 e. The molecule has 3 heteroatoms. The van der Waals surface area contributed by atoms with Crippen LogP contribution in [-0.2, 0) is 6.54 Å². The van der Waals surface area contributed by atoms with Crippen molar-refractivity contribution in [2.24, 2.45) is 5.92 Å². The molecule has 14 heavy (non-hydrogen) atoms. The summed E-state index contributed by atoms with van der Waals surface area (Å²) in [5, 5.41) is 3.52. The molecule has 2 nitrogen and oxygen atoms in total. The number of aryl methyl sites for hydroxylation is 1. The lowest BCUT2D eigenvalue weighted by molar-refractivity contribution is 0.648. The Morgan fingerprint density at radius 1 is 1.57 bits per heavy atom. The third-order valence-electron chi connectivity index (χ3n) is 2.78. The number of rotatable bonds is 3. The van der Waals surface area contributed by atoms with Crippen LogP contribution in [0, 0.1) is 12.8 Å². The number of hydrogen-bond acceptors (Lipinski definition) is 2. The van der Waals surface area contributed by atoms with Crippen LogP contribution in [0.1, 0.15) is 24.6 Å². The van der Waals surface area contributed by atoms with Gasteiger partial charge in [-0.1, -0.05) is 13.0 Å². The minimum Gasteiger partial charge on any atom is -0.310 e. The van der Waals surface area contributed by atoms with Gasteiger partial charge in [-0.05, 0) is 30.9 Å². The highest BCUT2D eigenvalue weighted by Crippen LogP contribution is 2.29. The number of nitrogens with one attached hydrogen (secondary N) is 1. The Morgan fingerprint density at radius 2 is 2.29 bits per heavy atom. The van der Waals surface area contributed by atoms with Gasteiger partial charge in [-0.25, -0.2) is 0 Å². The number of halogens is 1.